The fourth-order valence-corrected chi connectivity index (χ4v) is 3.97. The Morgan fingerprint density at radius 2 is 1.55 bits per heavy atom. The van der Waals surface area contributed by atoms with Crippen LogP contribution in [0.25, 0.3) is 0 Å². The lowest BCUT2D eigenvalue weighted by atomic mass is 10.2. The van der Waals surface area contributed by atoms with Crippen LogP contribution in [0.15, 0.2) is 53.1 Å². The molecule has 8 nitrogen and oxygen atoms in total. The fourth-order valence-electron chi connectivity index (χ4n) is 3.97. The highest BCUT2D eigenvalue weighted by molar-refractivity contribution is 5.78. The zero-order chi connectivity index (χ0) is 21.5. The minimum Gasteiger partial charge on any atom is -0.467 e. The maximum atomic E-state index is 13.1. The number of hydrogen-bond donors (Lipinski definition) is 0. The molecule has 0 unspecified atom stereocenters. The minimum absolute atomic E-state index is 0.0632. The number of nitrogens with zero attached hydrogens (tertiary/aromatic N) is 4. The van der Waals surface area contributed by atoms with E-state index in [9.17, 15) is 9.59 Å². The van der Waals surface area contributed by atoms with Crippen LogP contribution in [0.4, 0.5) is 4.79 Å². The van der Waals surface area contributed by atoms with Gasteiger partial charge in [-0.05, 0) is 17.7 Å². The second-order valence-electron chi connectivity index (χ2n) is 7.96. The number of piperazine rings is 1. The molecule has 0 spiro atoms. The van der Waals surface area contributed by atoms with Gasteiger partial charge in [0.15, 0.2) is 0 Å². The Bertz CT molecular complexity index is 829. The van der Waals surface area contributed by atoms with Gasteiger partial charge in [0.1, 0.15) is 5.76 Å². The Balaban J connectivity index is 1.31. The average molecular weight is 427 g/mol. The molecular weight excluding hydrogens is 396 g/mol. The van der Waals surface area contributed by atoms with Gasteiger partial charge in [0, 0.05) is 45.8 Å². The average Bonchev–Trinajstić information content (AvgIpc) is 3.33. The Hall–Kier alpha value is -2.84. The van der Waals surface area contributed by atoms with E-state index in [-0.39, 0.29) is 11.9 Å². The predicted octanol–water partition coefficient (Wildman–Crippen LogP) is 1.88. The molecule has 2 aromatic rings. The van der Waals surface area contributed by atoms with E-state index in [1.807, 2.05) is 57.2 Å². The monoisotopic (exact) mass is 426 g/mol. The highest BCUT2D eigenvalue weighted by atomic mass is 16.5. The van der Waals surface area contributed by atoms with Crippen molar-refractivity contribution in [3.63, 3.8) is 0 Å². The highest BCUT2D eigenvalue weighted by Crippen LogP contribution is 2.13. The summed E-state index contributed by atoms with van der Waals surface area (Å²) in [5.41, 5.74) is 1.09. The molecule has 8 heteroatoms. The van der Waals surface area contributed by atoms with E-state index < -0.39 is 0 Å². The van der Waals surface area contributed by atoms with Gasteiger partial charge in [-0.2, -0.15) is 0 Å². The summed E-state index contributed by atoms with van der Waals surface area (Å²) in [4.78, 5) is 33.5. The topological polar surface area (TPSA) is 69.5 Å². The molecule has 0 saturated carbocycles. The molecule has 0 bridgehead atoms. The van der Waals surface area contributed by atoms with Crippen LogP contribution in [0.5, 0.6) is 0 Å². The number of furan rings is 1. The number of urea groups is 1. The Kier molecular flexibility index (Phi) is 7.22. The third-order valence-electron chi connectivity index (χ3n) is 5.78. The molecule has 0 atom stereocenters. The van der Waals surface area contributed by atoms with Crippen LogP contribution < -0.4 is 0 Å². The molecule has 1 aromatic carbocycles. The lowest BCUT2D eigenvalue weighted by Gasteiger charge is -2.38. The van der Waals surface area contributed by atoms with Crippen molar-refractivity contribution in [1.82, 2.24) is 19.6 Å². The zero-order valence-electron chi connectivity index (χ0n) is 17.8. The van der Waals surface area contributed by atoms with Crippen LogP contribution in [0, 0.1) is 0 Å². The number of amides is 3. The maximum absolute atomic E-state index is 13.1. The number of rotatable bonds is 6. The highest BCUT2D eigenvalue weighted by Gasteiger charge is 2.28. The molecule has 2 aliphatic rings. The van der Waals surface area contributed by atoms with Crippen molar-refractivity contribution >= 4 is 11.9 Å². The quantitative estimate of drug-likeness (QED) is 0.706. The molecule has 166 valence electrons. The van der Waals surface area contributed by atoms with E-state index in [0.717, 1.165) is 11.3 Å². The molecule has 0 aliphatic carbocycles. The second-order valence-corrected chi connectivity index (χ2v) is 7.96. The Morgan fingerprint density at radius 1 is 0.839 bits per heavy atom. The second kappa shape index (κ2) is 10.5. The summed E-state index contributed by atoms with van der Waals surface area (Å²) >= 11 is 0. The molecule has 0 N–H and O–H groups in total. The first-order chi connectivity index (χ1) is 15.2. The van der Waals surface area contributed by atoms with E-state index in [1.165, 1.54) is 0 Å². The first kappa shape index (κ1) is 21.4. The molecule has 2 aliphatic heterocycles. The van der Waals surface area contributed by atoms with Crippen LogP contribution >= 0.6 is 0 Å². The van der Waals surface area contributed by atoms with Gasteiger partial charge in [-0.3, -0.25) is 9.69 Å². The SMILES string of the molecule is O=C(CN1CCN(C(=O)N2CCOCC2)CC1)N(Cc1ccccc1)Cc1ccco1. The van der Waals surface area contributed by atoms with Gasteiger partial charge in [-0.15, -0.1) is 0 Å². The molecular formula is C23H30N4O4. The van der Waals surface area contributed by atoms with E-state index in [4.69, 9.17) is 9.15 Å². The van der Waals surface area contributed by atoms with Gasteiger partial charge in [-0.1, -0.05) is 30.3 Å². The minimum atomic E-state index is 0.0632. The molecule has 2 saturated heterocycles. The van der Waals surface area contributed by atoms with Crippen molar-refractivity contribution in [3.05, 3.63) is 60.1 Å². The van der Waals surface area contributed by atoms with Gasteiger partial charge < -0.3 is 23.9 Å². The summed E-state index contributed by atoms with van der Waals surface area (Å²) in [5.74, 6) is 0.832. The standard InChI is InChI=1S/C23H30N4O4/c28-22(27(18-21-7-4-14-31-21)17-20-5-2-1-3-6-20)19-24-8-10-25(11-9-24)23(29)26-12-15-30-16-13-26/h1-7,14H,8-13,15-19H2. The third-order valence-corrected chi connectivity index (χ3v) is 5.78. The van der Waals surface area contributed by atoms with Crippen LogP contribution in [0.2, 0.25) is 0 Å². The van der Waals surface area contributed by atoms with Crippen LogP contribution in [0.3, 0.4) is 0 Å². The number of benzene rings is 1. The van der Waals surface area contributed by atoms with E-state index in [2.05, 4.69) is 4.90 Å². The Labute approximate surface area is 182 Å². The third kappa shape index (κ3) is 5.86. The first-order valence-corrected chi connectivity index (χ1v) is 10.9. The summed E-state index contributed by atoms with van der Waals surface area (Å²) in [6, 6.07) is 13.8. The molecule has 31 heavy (non-hydrogen) atoms. The molecule has 2 fully saturated rings. The van der Waals surface area contributed by atoms with Crippen molar-refractivity contribution in [3.8, 4) is 0 Å². The van der Waals surface area contributed by atoms with Gasteiger partial charge in [0.05, 0.1) is 32.6 Å². The summed E-state index contributed by atoms with van der Waals surface area (Å²) < 4.78 is 10.8. The number of carbonyl (C=O) groups is 2. The van der Waals surface area contributed by atoms with E-state index in [1.54, 1.807) is 6.26 Å². The van der Waals surface area contributed by atoms with Gasteiger partial charge >= 0.3 is 6.03 Å². The molecule has 3 amide bonds. The lowest BCUT2D eigenvalue weighted by molar-refractivity contribution is -0.134. The smallest absolute Gasteiger partial charge is 0.320 e. The van der Waals surface area contributed by atoms with E-state index >= 15 is 0 Å². The predicted molar refractivity (Wildman–Crippen MR) is 115 cm³/mol. The Morgan fingerprint density at radius 3 is 2.23 bits per heavy atom. The van der Waals surface area contributed by atoms with Crippen molar-refractivity contribution in [1.29, 1.82) is 0 Å². The number of ether oxygens (including phenoxy) is 1. The summed E-state index contributed by atoms with van der Waals surface area (Å²) in [5, 5.41) is 0. The van der Waals surface area contributed by atoms with Crippen molar-refractivity contribution < 1.29 is 18.7 Å². The number of carbonyl (C=O) groups excluding carboxylic acids is 2. The van der Waals surface area contributed by atoms with Crippen molar-refractivity contribution in [2.24, 2.45) is 0 Å². The molecule has 4 rings (SSSR count). The number of morpholine rings is 1. The van der Waals surface area contributed by atoms with Crippen LogP contribution in [-0.4, -0.2) is 90.6 Å². The molecule has 0 radical (unpaired) electrons. The molecule has 3 heterocycles. The first-order valence-electron chi connectivity index (χ1n) is 10.9. The van der Waals surface area contributed by atoms with Crippen LogP contribution in [-0.2, 0) is 22.6 Å². The number of hydrogen-bond acceptors (Lipinski definition) is 5. The van der Waals surface area contributed by atoms with Gasteiger partial charge in [0.2, 0.25) is 5.91 Å². The summed E-state index contributed by atoms with van der Waals surface area (Å²) in [6.45, 7) is 6.50. The summed E-state index contributed by atoms with van der Waals surface area (Å²) in [7, 11) is 0. The largest absolute Gasteiger partial charge is 0.467 e. The van der Waals surface area contributed by atoms with Gasteiger partial charge in [-0.25, -0.2) is 4.79 Å². The molecule has 1 aromatic heterocycles. The zero-order valence-corrected chi connectivity index (χ0v) is 17.8. The maximum Gasteiger partial charge on any atom is 0.320 e. The van der Waals surface area contributed by atoms with E-state index in [0.29, 0.717) is 72.1 Å². The summed E-state index contributed by atoms with van der Waals surface area (Å²) in [6.07, 6.45) is 1.63. The van der Waals surface area contributed by atoms with Crippen molar-refractivity contribution in [2.45, 2.75) is 13.1 Å². The van der Waals surface area contributed by atoms with Crippen molar-refractivity contribution in [2.75, 3.05) is 59.0 Å². The fraction of sp³-hybridized carbons (Fsp3) is 0.478. The van der Waals surface area contributed by atoms with Crippen LogP contribution in [0.1, 0.15) is 11.3 Å². The van der Waals surface area contributed by atoms with Gasteiger partial charge in [0.25, 0.3) is 0 Å². The lowest BCUT2D eigenvalue weighted by Crippen LogP contribution is -2.55. The normalized spacial score (nSPS) is 17.5.